The summed E-state index contributed by atoms with van der Waals surface area (Å²) in [7, 11) is 0. The van der Waals surface area contributed by atoms with E-state index in [1.165, 1.54) is 12.8 Å². The molecule has 0 saturated carbocycles. The van der Waals surface area contributed by atoms with Crippen molar-refractivity contribution in [2.45, 2.75) is 39.2 Å². The number of likely N-dealkylation sites (tertiary alicyclic amines) is 2. The van der Waals surface area contributed by atoms with Gasteiger partial charge in [0.2, 0.25) is 5.91 Å². The van der Waals surface area contributed by atoms with E-state index in [-0.39, 0.29) is 17.9 Å². The maximum absolute atomic E-state index is 12.4. The van der Waals surface area contributed by atoms with Crippen LogP contribution in [0.5, 0.6) is 0 Å². The number of rotatable bonds is 6. The Bertz CT molecular complexity index is 629. The zero-order chi connectivity index (χ0) is 19.8. The minimum atomic E-state index is 0.00241. The number of amides is 3. The van der Waals surface area contributed by atoms with Crippen LogP contribution in [-0.4, -0.2) is 61.0 Å². The summed E-state index contributed by atoms with van der Waals surface area (Å²) in [5.41, 5.74) is 1.11. The van der Waals surface area contributed by atoms with Gasteiger partial charge in [-0.1, -0.05) is 37.3 Å². The normalized spacial score (nSPS) is 21.3. The maximum atomic E-state index is 12.4. The van der Waals surface area contributed by atoms with E-state index < -0.39 is 0 Å². The van der Waals surface area contributed by atoms with Crippen molar-refractivity contribution < 1.29 is 9.59 Å². The lowest BCUT2D eigenvalue weighted by molar-refractivity contribution is -0.126. The van der Waals surface area contributed by atoms with E-state index >= 15 is 0 Å². The van der Waals surface area contributed by atoms with Crippen LogP contribution in [0.4, 0.5) is 4.79 Å². The molecule has 1 atom stereocenters. The lowest BCUT2D eigenvalue weighted by Crippen LogP contribution is -2.48. The quantitative estimate of drug-likeness (QED) is 0.789. The molecule has 2 aliphatic heterocycles. The highest BCUT2D eigenvalue weighted by Crippen LogP contribution is 2.18. The number of hydrogen-bond acceptors (Lipinski definition) is 3. The van der Waals surface area contributed by atoms with E-state index in [9.17, 15) is 9.59 Å². The topological polar surface area (TPSA) is 64.7 Å². The molecule has 2 saturated heterocycles. The van der Waals surface area contributed by atoms with Crippen molar-refractivity contribution in [1.29, 1.82) is 0 Å². The van der Waals surface area contributed by atoms with Crippen LogP contribution in [-0.2, 0) is 11.3 Å². The van der Waals surface area contributed by atoms with Gasteiger partial charge >= 0.3 is 6.03 Å². The molecule has 2 fully saturated rings. The molecule has 6 heteroatoms. The summed E-state index contributed by atoms with van der Waals surface area (Å²) in [5.74, 6) is 0.863. The largest absolute Gasteiger partial charge is 0.352 e. The van der Waals surface area contributed by atoms with Crippen molar-refractivity contribution in [2.24, 2.45) is 11.8 Å². The molecule has 28 heavy (non-hydrogen) atoms. The smallest absolute Gasteiger partial charge is 0.317 e. The maximum Gasteiger partial charge on any atom is 0.317 e. The zero-order valence-electron chi connectivity index (χ0n) is 17.0. The lowest BCUT2D eigenvalue weighted by Gasteiger charge is -2.33. The number of hydrogen-bond donors (Lipinski definition) is 2. The van der Waals surface area contributed by atoms with Gasteiger partial charge in [-0.3, -0.25) is 4.79 Å². The first-order valence-electron chi connectivity index (χ1n) is 10.7. The Morgan fingerprint density at radius 2 is 1.79 bits per heavy atom. The van der Waals surface area contributed by atoms with E-state index in [4.69, 9.17) is 0 Å². The van der Waals surface area contributed by atoms with Crippen LogP contribution in [0, 0.1) is 11.8 Å². The molecule has 0 radical (unpaired) electrons. The van der Waals surface area contributed by atoms with Crippen LogP contribution in [0.2, 0.25) is 0 Å². The van der Waals surface area contributed by atoms with Crippen molar-refractivity contribution in [1.82, 2.24) is 20.4 Å². The highest BCUT2D eigenvalue weighted by atomic mass is 16.2. The summed E-state index contributed by atoms with van der Waals surface area (Å²) in [4.78, 5) is 29.1. The number of nitrogens with one attached hydrogen (secondary N) is 2. The van der Waals surface area contributed by atoms with Gasteiger partial charge < -0.3 is 20.4 Å². The van der Waals surface area contributed by atoms with Crippen molar-refractivity contribution in [2.75, 3.05) is 39.3 Å². The van der Waals surface area contributed by atoms with E-state index in [2.05, 4.69) is 22.5 Å². The molecule has 2 aliphatic rings. The monoisotopic (exact) mass is 386 g/mol. The van der Waals surface area contributed by atoms with Crippen LogP contribution in [0.15, 0.2) is 30.3 Å². The second-order valence-corrected chi connectivity index (χ2v) is 8.24. The molecule has 0 aromatic heterocycles. The third-order valence-corrected chi connectivity index (χ3v) is 5.91. The molecule has 1 aromatic rings. The van der Waals surface area contributed by atoms with Crippen LogP contribution in [0.3, 0.4) is 0 Å². The van der Waals surface area contributed by atoms with Gasteiger partial charge in [0.1, 0.15) is 0 Å². The first-order chi connectivity index (χ1) is 13.6. The molecule has 3 rings (SSSR count). The van der Waals surface area contributed by atoms with Crippen molar-refractivity contribution in [3.63, 3.8) is 0 Å². The number of benzene rings is 1. The van der Waals surface area contributed by atoms with Crippen LogP contribution in [0.25, 0.3) is 0 Å². The van der Waals surface area contributed by atoms with Gasteiger partial charge in [-0.2, -0.15) is 0 Å². The summed E-state index contributed by atoms with van der Waals surface area (Å²) in [6.07, 6.45) is 4.04. The molecule has 1 unspecified atom stereocenters. The highest BCUT2D eigenvalue weighted by Gasteiger charge is 2.27. The van der Waals surface area contributed by atoms with Gasteiger partial charge in [0.15, 0.2) is 0 Å². The molecule has 1 aromatic carbocycles. The third kappa shape index (κ3) is 6.23. The molecular weight excluding hydrogens is 352 g/mol. The fourth-order valence-corrected chi connectivity index (χ4v) is 4.20. The fourth-order valence-electron chi connectivity index (χ4n) is 4.20. The Kier molecular flexibility index (Phi) is 7.71. The SMILES string of the molecule is CC1CCCN(CCNC(=O)N2CCC(C(=O)NCc3ccccc3)CC2)C1. The van der Waals surface area contributed by atoms with Crippen molar-refractivity contribution >= 4 is 11.9 Å². The molecule has 0 bridgehead atoms. The van der Waals surface area contributed by atoms with E-state index in [1.54, 1.807) is 0 Å². The van der Waals surface area contributed by atoms with E-state index in [1.807, 2.05) is 35.2 Å². The summed E-state index contributed by atoms with van der Waals surface area (Å²) in [6.45, 7) is 8.06. The molecule has 3 amide bonds. The highest BCUT2D eigenvalue weighted by molar-refractivity contribution is 5.79. The second-order valence-electron chi connectivity index (χ2n) is 8.24. The Morgan fingerprint density at radius 3 is 2.50 bits per heavy atom. The molecular formula is C22H34N4O2. The van der Waals surface area contributed by atoms with Gasteiger partial charge in [-0.25, -0.2) is 4.79 Å². The minimum Gasteiger partial charge on any atom is -0.352 e. The number of carbonyl (C=O) groups excluding carboxylic acids is 2. The Hall–Kier alpha value is -2.08. The van der Waals surface area contributed by atoms with Crippen LogP contribution >= 0.6 is 0 Å². The van der Waals surface area contributed by atoms with Gasteiger partial charge in [-0.05, 0) is 43.7 Å². The average molecular weight is 387 g/mol. The van der Waals surface area contributed by atoms with Crippen LogP contribution in [0.1, 0.15) is 38.2 Å². The number of piperidine rings is 2. The van der Waals surface area contributed by atoms with E-state index in [0.717, 1.165) is 44.0 Å². The Labute approximate surface area is 168 Å². The number of carbonyl (C=O) groups is 2. The van der Waals surface area contributed by atoms with E-state index in [0.29, 0.717) is 26.2 Å². The summed E-state index contributed by atoms with van der Waals surface area (Å²) in [6, 6.07) is 9.96. The summed E-state index contributed by atoms with van der Waals surface area (Å²) >= 11 is 0. The van der Waals surface area contributed by atoms with Gasteiger partial charge in [0, 0.05) is 45.2 Å². The zero-order valence-corrected chi connectivity index (χ0v) is 17.0. The second kappa shape index (κ2) is 10.5. The standard InChI is InChI=1S/C22H34N4O2/c1-18-6-5-12-25(17-18)15-11-23-22(28)26-13-9-20(10-14-26)21(27)24-16-19-7-3-2-4-8-19/h2-4,7-8,18,20H,5-6,9-17H2,1H3,(H,23,28)(H,24,27). The Balaban J connectivity index is 1.31. The van der Waals surface area contributed by atoms with Crippen molar-refractivity contribution in [3.05, 3.63) is 35.9 Å². The molecule has 154 valence electrons. The van der Waals surface area contributed by atoms with Gasteiger partial charge in [0.05, 0.1) is 0 Å². The number of urea groups is 1. The first kappa shape index (κ1) is 20.6. The minimum absolute atomic E-state index is 0.00241. The molecule has 0 aliphatic carbocycles. The molecule has 6 nitrogen and oxygen atoms in total. The Morgan fingerprint density at radius 1 is 1.04 bits per heavy atom. The fraction of sp³-hybridized carbons (Fsp3) is 0.636. The molecule has 2 heterocycles. The molecule has 2 N–H and O–H groups in total. The predicted octanol–water partition coefficient (Wildman–Crippen LogP) is 2.46. The first-order valence-corrected chi connectivity index (χ1v) is 10.7. The molecule has 0 spiro atoms. The summed E-state index contributed by atoms with van der Waals surface area (Å²) < 4.78 is 0. The number of nitrogens with zero attached hydrogens (tertiary/aromatic N) is 2. The van der Waals surface area contributed by atoms with Crippen LogP contribution < -0.4 is 10.6 Å². The van der Waals surface area contributed by atoms with Crippen molar-refractivity contribution in [3.8, 4) is 0 Å². The van der Waals surface area contributed by atoms with Gasteiger partial charge in [0.25, 0.3) is 0 Å². The third-order valence-electron chi connectivity index (χ3n) is 5.91. The average Bonchev–Trinajstić information content (AvgIpc) is 2.73. The predicted molar refractivity (Wildman–Crippen MR) is 111 cm³/mol. The summed E-state index contributed by atoms with van der Waals surface area (Å²) in [5, 5.41) is 6.07. The lowest BCUT2D eigenvalue weighted by atomic mass is 9.96. The van der Waals surface area contributed by atoms with Gasteiger partial charge in [-0.15, -0.1) is 0 Å².